The fourth-order valence-corrected chi connectivity index (χ4v) is 2.48. The number of nitrogens with zero attached hydrogens (tertiary/aromatic N) is 2. The number of benzene rings is 2. The van der Waals surface area contributed by atoms with Crippen molar-refractivity contribution >= 4 is 11.6 Å². The van der Waals surface area contributed by atoms with Gasteiger partial charge in [0.05, 0.1) is 16.4 Å². The van der Waals surface area contributed by atoms with Gasteiger partial charge in [0.1, 0.15) is 5.69 Å². The summed E-state index contributed by atoms with van der Waals surface area (Å²) >= 11 is 6.29. The minimum absolute atomic E-state index is 0.432. The number of methoxy groups -OCH3 is 1. The first-order valence-corrected chi connectivity index (χ1v) is 7.19. The maximum Gasteiger partial charge on any atom is 0.200 e. The average Bonchev–Trinajstić information content (AvgIpc) is 3.00. The van der Waals surface area contributed by atoms with E-state index in [2.05, 4.69) is 5.10 Å². The van der Waals surface area contributed by atoms with E-state index in [9.17, 15) is 5.11 Å². The molecule has 0 saturated heterocycles. The summed E-state index contributed by atoms with van der Waals surface area (Å²) in [5.74, 6) is 0. The highest BCUT2D eigenvalue weighted by Crippen LogP contribution is 2.29. The van der Waals surface area contributed by atoms with Crippen LogP contribution in [0.25, 0.3) is 16.9 Å². The van der Waals surface area contributed by atoms with Crippen LogP contribution in [-0.2, 0) is 4.74 Å². The normalized spacial score (nSPS) is 12.3. The number of ether oxygens (including phenoxy) is 1. The highest BCUT2D eigenvalue weighted by molar-refractivity contribution is 6.32. The second-order valence-electron chi connectivity index (χ2n) is 4.77. The molecule has 22 heavy (non-hydrogen) atoms. The minimum atomic E-state index is -1.08. The fourth-order valence-electron chi connectivity index (χ4n) is 2.26. The van der Waals surface area contributed by atoms with Gasteiger partial charge in [0.2, 0.25) is 0 Å². The number of hydrogen-bond acceptors (Lipinski definition) is 3. The monoisotopic (exact) mass is 314 g/mol. The van der Waals surface area contributed by atoms with Crippen molar-refractivity contribution < 1.29 is 9.84 Å². The van der Waals surface area contributed by atoms with Crippen molar-refractivity contribution in [3.8, 4) is 16.9 Å². The van der Waals surface area contributed by atoms with Crippen LogP contribution in [-0.4, -0.2) is 22.0 Å². The number of rotatable bonds is 4. The Bertz CT molecular complexity index is 771. The average molecular weight is 315 g/mol. The third-order valence-electron chi connectivity index (χ3n) is 3.35. The summed E-state index contributed by atoms with van der Waals surface area (Å²) in [5.41, 5.74) is 2.99. The Morgan fingerprint density at radius 3 is 2.45 bits per heavy atom. The largest absolute Gasteiger partial charge is 0.363 e. The lowest BCUT2D eigenvalue weighted by atomic mass is 10.1. The molecule has 3 aromatic rings. The summed E-state index contributed by atoms with van der Waals surface area (Å²) in [6, 6.07) is 19.0. The number of aromatic nitrogens is 2. The number of aliphatic hydroxyl groups excluding tert-OH is 1. The van der Waals surface area contributed by atoms with Crippen LogP contribution < -0.4 is 0 Å². The minimum Gasteiger partial charge on any atom is -0.363 e. The molecule has 0 aliphatic carbocycles. The van der Waals surface area contributed by atoms with E-state index in [-0.39, 0.29) is 0 Å². The third-order valence-corrected chi connectivity index (χ3v) is 3.67. The van der Waals surface area contributed by atoms with E-state index in [1.165, 1.54) is 7.11 Å². The van der Waals surface area contributed by atoms with Gasteiger partial charge in [-0.2, -0.15) is 5.10 Å². The van der Waals surface area contributed by atoms with Crippen molar-refractivity contribution in [1.82, 2.24) is 9.78 Å². The summed E-state index contributed by atoms with van der Waals surface area (Å²) in [5, 5.41) is 14.9. The molecule has 1 N–H and O–H groups in total. The third kappa shape index (κ3) is 2.76. The summed E-state index contributed by atoms with van der Waals surface area (Å²) < 4.78 is 6.67. The van der Waals surface area contributed by atoms with E-state index in [0.717, 1.165) is 16.9 Å². The Morgan fingerprint density at radius 1 is 1.09 bits per heavy atom. The van der Waals surface area contributed by atoms with E-state index < -0.39 is 6.29 Å². The van der Waals surface area contributed by atoms with Crippen LogP contribution in [0.15, 0.2) is 60.7 Å². The predicted octanol–water partition coefficient (Wildman–Crippen LogP) is 3.83. The Morgan fingerprint density at radius 2 is 1.77 bits per heavy atom. The molecule has 0 spiro atoms. The van der Waals surface area contributed by atoms with E-state index in [1.807, 2.05) is 48.5 Å². The highest BCUT2D eigenvalue weighted by atomic mass is 35.5. The first kappa shape index (κ1) is 14.8. The quantitative estimate of drug-likeness (QED) is 0.744. The van der Waals surface area contributed by atoms with Gasteiger partial charge >= 0.3 is 0 Å². The van der Waals surface area contributed by atoms with Crippen LogP contribution >= 0.6 is 11.6 Å². The van der Waals surface area contributed by atoms with Gasteiger partial charge in [0, 0.05) is 12.7 Å². The van der Waals surface area contributed by atoms with Crippen molar-refractivity contribution in [2.75, 3.05) is 7.11 Å². The molecule has 0 aliphatic heterocycles. The molecular formula is C17H15ClN2O2. The van der Waals surface area contributed by atoms with E-state index in [1.54, 1.807) is 16.8 Å². The van der Waals surface area contributed by atoms with E-state index in [4.69, 9.17) is 16.3 Å². The Kier molecular flexibility index (Phi) is 4.24. The molecule has 4 nitrogen and oxygen atoms in total. The van der Waals surface area contributed by atoms with Crippen LogP contribution in [0.1, 0.15) is 12.0 Å². The molecule has 5 heteroatoms. The van der Waals surface area contributed by atoms with Gasteiger partial charge in [-0.3, -0.25) is 0 Å². The smallest absolute Gasteiger partial charge is 0.200 e. The molecule has 2 aromatic carbocycles. The highest BCUT2D eigenvalue weighted by Gasteiger charge is 2.17. The maximum absolute atomic E-state index is 9.90. The molecule has 0 saturated carbocycles. The summed E-state index contributed by atoms with van der Waals surface area (Å²) in [6.07, 6.45) is -1.08. The molecule has 0 radical (unpaired) electrons. The molecule has 3 rings (SSSR count). The zero-order valence-electron chi connectivity index (χ0n) is 12.0. The maximum atomic E-state index is 9.90. The Labute approximate surface area is 133 Å². The van der Waals surface area contributed by atoms with Crippen LogP contribution in [0.5, 0.6) is 0 Å². The number of hydrogen-bond donors (Lipinski definition) is 1. The fraction of sp³-hybridized carbons (Fsp3) is 0.118. The second-order valence-corrected chi connectivity index (χ2v) is 5.18. The lowest BCUT2D eigenvalue weighted by molar-refractivity contribution is -0.0800. The topological polar surface area (TPSA) is 47.3 Å². The van der Waals surface area contributed by atoms with Crippen LogP contribution in [0.2, 0.25) is 5.02 Å². The summed E-state index contributed by atoms with van der Waals surface area (Å²) in [6.45, 7) is 0. The standard InChI is InChI=1S/C17H15ClN2O2/c1-22-17(21)14-11-16(12-7-3-2-4-8-12)20(19-14)15-10-6-5-9-13(15)18/h2-11,17,21H,1H3. The zero-order chi connectivity index (χ0) is 15.5. The zero-order valence-corrected chi connectivity index (χ0v) is 12.7. The Hall–Kier alpha value is -2.14. The van der Waals surface area contributed by atoms with E-state index >= 15 is 0 Å². The van der Waals surface area contributed by atoms with Gasteiger partial charge in [-0.05, 0) is 18.2 Å². The molecule has 0 bridgehead atoms. The molecule has 1 unspecified atom stereocenters. The van der Waals surface area contributed by atoms with Gasteiger partial charge in [-0.25, -0.2) is 4.68 Å². The lowest BCUT2D eigenvalue weighted by Crippen LogP contribution is -2.03. The second kappa shape index (κ2) is 6.32. The first-order chi connectivity index (χ1) is 10.7. The number of halogens is 1. The molecule has 1 atom stereocenters. The molecule has 1 heterocycles. The molecule has 0 fully saturated rings. The van der Waals surface area contributed by atoms with Crippen molar-refractivity contribution in [1.29, 1.82) is 0 Å². The molecule has 0 aliphatic rings. The molecular weight excluding hydrogens is 300 g/mol. The van der Waals surface area contributed by atoms with Gasteiger partial charge in [-0.15, -0.1) is 0 Å². The van der Waals surface area contributed by atoms with E-state index in [0.29, 0.717) is 10.7 Å². The van der Waals surface area contributed by atoms with Crippen molar-refractivity contribution in [3.63, 3.8) is 0 Å². The van der Waals surface area contributed by atoms with Gasteiger partial charge in [0.15, 0.2) is 6.29 Å². The molecule has 0 amide bonds. The Balaban J connectivity index is 2.20. The van der Waals surface area contributed by atoms with Crippen LogP contribution in [0.3, 0.4) is 0 Å². The number of aliphatic hydroxyl groups is 1. The molecule has 1 aromatic heterocycles. The predicted molar refractivity (Wildman–Crippen MR) is 86.0 cm³/mol. The number of para-hydroxylation sites is 1. The van der Waals surface area contributed by atoms with Gasteiger partial charge in [0.25, 0.3) is 0 Å². The SMILES string of the molecule is COC(O)c1cc(-c2ccccc2)n(-c2ccccc2Cl)n1. The van der Waals surface area contributed by atoms with Gasteiger partial charge in [-0.1, -0.05) is 54.1 Å². The van der Waals surface area contributed by atoms with Crippen molar-refractivity contribution in [3.05, 3.63) is 71.4 Å². The summed E-state index contributed by atoms with van der Waals surface area (Å²) in [7, 11) is 1.43. The van der Waals surface area contributed by atoms with Crippen molar-refractivity contribution in [2.24, 2.45) is 0 Å². The lowest BCUT2D eigenvalue weighted by Gasteiger charge is -2.09. The van der Waals surface area contributed by atoms with Crippen molar-refractivity contribution in [2.45, 2.75) is 6.29 Å². The van der Waals surface area contributed by atoms with Crippen LogP contribution in [0.4, 0.5) is 0 Å². The van der Waals surface area contributed by atoms with Crippen LogP contribution in [0, 0.1) is 0 Å². The summed E-state index contributed by atoms with van der Waals surface area (Å²) in [4.78, 5) is 0. The first-order valence-electron chi connectivity index (χ1n) is 6.82. The van der Waals surface area contributed by atoms with Gasteiger partial charge < -0.3 is 9.84 Å². The molecule has 112 valence electrons.